The van der Waals surface area contributed by atoms with E-state index in [2.05, 4.69) is 12.2 Å². The van der Waals surface area contributed by atoms with Gasteiger partial charge in [-0.25, -0.2) is 0 Å². The molecule has 1 aliphatic rings. The van der Waals surface area contributed by atoms with Crippen LogP contribution in [0.1, 0.15) is 56.1 Å². The normalized spacial score (nSPS) is 30.1. The smallest absolute Gasteiger partial charge is 0.128 e. The van der Waals surface area contributed by atoms with Crippen molar-refractivity contribution in [1.29, 1.82) is 0 Å². The first kappa shape index (κ1) is 23.6. The second-order valence-electron chi connectivity index (χ2n) is 8.41. The third-order valence-electron chi connectivity index (χ3n) is 7.28. The molecule has 0 amide bonds. The molecule has 0 bridgehead atoms. The molecular formula is C24H29Cl3N2O. The molecule has 162 valence electrons. The van der Waals surface area contributed by atoms with Crippen molar-refractivity contribution in [2.45, 2.75) is 56.5 Å². The lowest BCUT2D eigenvalue weighted by Crippen LogP contribution is -2.71. The van der Waals surface area contributed by atoms with Gasteiger partial charge in [0.25, 0.3) is 0 Å². The van der Waals surface area contributed by atoms with Crippen molar-refractivity contribution in [2.24, 2.45) is 11.1 Å². The Labute approximate surface area is 194 Å². The number of rotatable bonds is 6. The summed E-state index contributed by atoms with van der Waals surface area (Å²) in [6.07, 6.45) is 3.26. The fourth-order valence-corrected chi connectivity index (χ4v) is 6.10. The molecule has 5 unspecified atom stereocenters. The van der Waals surface area contributed by atoms with Crippen LogP contribution in [-0.4, -0.2) is 24.9 Å². The van der Waals surface area contributed by atoms with Gasteiger partial charge in [0.2, 0.25) is 0 Å². The summed E-state index contributed by atoms with van der Waals surface area (Å²) in [5.41, 5.74) is 7.91. The van der Waals surface area contributed by atoms with E-state index in [1.807, 2.05) is 50.4 Å². The average molecular weight is 468 g/mol. The molecule has 5 atom stereocenters. The number of aldehydes is 1. The summed E-state index contributed by atoms with van der Waals surface area (Å²) < 4.78 is 0. The number of carbonyl (C=O) groups excluding carboxylic acids is 1. The van der Waals surface area contributed by atoms with Gasteiger partial charge in [-0.1, -0.05) is 59.9 Å². The highest BCUT2D eigenvalue weighted by Gasteiger charge is 2.60. The second-order valence-corrected chi connectivity index (χ2v) is 9.69. The van der Waals surface area contributed by atoms with Gasteiger partial charge in [0.05, 0.1) is 5.54 Å². The van der Waals surface area contributed by atoms with Crippen LogP contribution >= 0.6 is 34.8 Å². The van der Waals surface area contributed by atoms with Gasteiger partial charge in [-0.2, -0.15) is 0 Å². The van der Waals surface area contributed by atoms with E-state index < -0.39 is 11.0 Å². The molecule has 0 heterocycles. The van der Waals surface area contributed by atoms with Gasteiger partial charge in [0.1, 0.15) is 6.29 Å². The van der Waals surface area contributed by atoms with E-state index in [1.165, 1.54) is 0 Å². The molecule has 0 aromatic heterocycles. The molecule has 3 rings (SSSR count). The first-order chi connectivity index (χ1) is 14.2. The summed E-state index contributed by atoms with van der Waals surface area (Å²) in [5, 5.41) is 5.23. The number of nitrogens with two attached hydrogens (primary N) is 1. The number of hydrogen-bond donors (Lipinski definition) is 2. The summed E-state index contributed by atoms with van der Waals surface area (Å²) in [4.78, 5) is 12.6. The Kier molecular flexibility index (Phi) is 7.21. The van der Waals surface area contributed by atoms with Crippen molar-refractivity contribution in [1.82, 2.24) is 5.32 Å². The van der Waals surface area contributed by atoms with Crippen LogP contribution in [0, 0.1) is 5.41 Å². The van der Waals surface area contributed by atoms with E-state index in [4.69, 9.17) is 40.5 Å². The molecule has 0 saturated heterocycles. The minimum absolute atomic E-state index is 0.0383. The number of halogens is 3. The molecule has 0 radical (unpaired) electrons. The van der Waals surface area contributed by atoms with Crippen molar-refractivity contribution in [3.8, 4) is 0 Å². The maximum absolute atomic E-state index is 12.6. The number of carbonyl (C=O) groups is 1. The molecule has 3 nitrogen and oxygen atoms in total. The summed E-state index contributed by atoms with van der Waals surface area (Å²) >= 11 is 19.0. The highest BCUT2D eigenvalue weighted by Crippen LogP contribution is 2.58. The lowest BCUT2D eigenvalue weighted by molar-refractivity contribution is -0.125. The Morgan fingerprint density at radius 1 is 1.17 bits per heavy atom. The van der Waals surface area contributed by atoms with Crippen LogP contribution < -0.4 is 11.1 Å². The Bertz CT molecular complexity index is 904. The second kappa shape index (κ2) is 9.18. The van der Waals surface area contributed by atoms with Crippen molar-refractivity contribution in [3.05, 3.63) is 68.7 Å². The van der Waals surface area contributed by atoms with Crippen molar-refractivity contribution < 1.29 is 4.79 Å². The Morgan fingerprint density at radius 2 is 1.80 bits per heavy atom. The van der Waals surface area contributed by atoms with E-state index in [9.17, 15) is 4.79 Å². The van der Waals surface area contributed by atoms with Gasteiger partial charge < -0.3 is 15.8 Å². The van der Waals surface area contributed by atoms with E-state index in [0.717, 1.165) is 23.8 Å². The first-order valence-electron chi connectivity index (χ1n) is 10.4. The van der Waals surface area contributed by atoms with Crippen molar-refractivity contribution in [3.63, 3.8) is 0 Å². The van der Waals surface area contributed by atoms with Crippen LogP contribution in [0.3, 0.4) is 0 Å². The van der Waals surface area contributed by atoms with Crippen LogP contribution in [-0.2, 0) is 4.79 Å². The fraction of sp³-hybridized carbons (Fsp3) is 0.458. The lowest BCUT2D eigenvalue weighted by atomic mass is 9.49. The van der Waals surface area contributed by atoms with Crippen LogP contribution in [0.5, 0.6) is 0 Å². The molecule has 0 aliphatic heterocycles. The maximum atomic E-state index is 12.6. The Hall–Kier alpha value is -1.10. The van der Waals surface area contributed by atoms with Gasteiger partial charge >= 0.3 is 0 Å². The molecule has 1 aliphatic carbocycles. The molecule has 30 heavy (non-hydrogen) atoms. The van der Waals surface area contributed by atoms with E-state index >= 15 is 0 Å². The lowest BCUT2D eigenvalue weighted by Gasteiger charge is -2.59. The zero-order chi connectivity index (χ0) is 22.1. The average Bonchev–Trinajstić information content (AvgIpc) is 2.74. The number of hydrogen-bond acceptors (Lipinski definition) is 3. The third kappa shape index (κ3) is 3.80. The summed E-state index contributed by atoms with van der Waals surface area (Å²) in [6, 6.07) is 13.3. The predicted molar refractivity (Wildman–Crippen MR) is 127 cm³/mol. The molecular weight excluding hydrogens is 439 g/mol. The standard InChI is InChI=1S/C24H29Cl3N2O/c1-4-23(14-30)12-11-20(19-10-9-18(26)13-21(19)27)22(24(23,28)15(2)29-3)16-5-7-17(25)8-6-16/h5-10,13-15,20,22,29H,4,11-12,28H2,1-3H3. The van der Waals surface area contributed by atoms with E-state index in [1.54, 1.807) is 6.07 Å². The maximum Gasteiger partial charge on any atom is 0.128 e. The van der Waals surface area contributed by atoms with Crippen molar-refractivity contribution in [2.75, 3.05) is 7.05 Å². The highest BCUT2D eigenvalue weighted by molar-refractivity contribution is 6.35. The van der Waals surface area contributed by atoms with Gasteiger partial charge in [-0.15, -0.1) is 0 Å². The molecule has 1 saturated carbocycles. The molecule has 0 spiro atoms. The Morgan fingerprint density at radius 3 is 2.33 bits per heavy atom. The van der Waals surface area contributed by atoms with Crippen LogP contribution in [0.2, 0.25) is 15.1 Å². The van der Waals surface area contributed by atoms with Crippen LogP contribution in [0.25, 0.3) is 0 Å². The van der Waals surface area contributed by atoms with Gasteiger partial charge in [-0.05, 0) is 74.5 Å². The molecule has 2 aromatic carbocycles. The quantitative estimate of drug-likeness (QED) is 0.497. The van der Waals surface area contributed by atoms with Gasteiger partial charge in [0, 0.05) is 32.4 Å². The fourth-order valence-electron chi connectivity index (χ4n) is 5.42. The van der Waals surface area contributed by atoms with E-state index in [-0.39, 0.29) is 17.9 Å². The van der Waals surface area contributed by atoms with Gasteiger partial charge in [0.15, 0.2) is 0 Å². The van der Waals surface area contributed by atoms with Crippen molar-refractivity contribution >= 4 is 41.1 Å². The molecule has 2 aromatic rings. The topological polar surface area (TPSA) is 55.1 Å². The van der Waals surface area contributed by atoms with Crippen LogP contribution in [0.4, 0.5) is 0 Å². The zero-order valence-electron chi connectivity index (χ0n) is 17.6. The van der Waals surface area contributed by atoms with E-state index in [0.29, 0.717) is 27.9 Å². The molecule has 1 fully saturated rings. The molecule has 3 N–H and O–H groups in total. The largest absolute Gasteiger partial charge is 0.322 e. The highest BCUT2D eigenvalue weighted by atomic mass is 35.5. The first-order valence-corrected chi connectivity index (χ1v) is 11.5. The summed E-state index contributed by atoms with van der Waals surface area (Å²) in [5.74, 6) is -0.105. The van der Waals surface area contributed by atoms with Gasteiger partial charge in [-0.3, -0.25) is 0 Å². The Balaban J connectivity index is 2.28. The van der Waals surface area contributed by atoms with Crippen LogP contribution in [0.15, 0.2) is 42.5 Å². The SMILES string of the molecule is CCC1(C=O)CCC(c2ccc(Cl)cc2Cl)C(c2ccc(Cl)cc2)C1(N)C(C)NC. The molecule has 6 heteroatoms. The number of nitrogens with one attached hydrogen (secondary N) is 1. The third-order valence-corrected chi connectivity index (χ3v) is 8.09. The monoisotopic (exact) mass is 466 g/mol. The minimum Gasteiger partial charge on any atom is -0.322 e. The zero-order valence-corrected chi connectivity index (χ0v) is 19.9. The minimum atomic E-state index is -0.835. The number of likely N-dealkylation sites (N-methyl/N-ethyl adjacent to an activating group) is 1. The summed E-state index contributed by atoms with van der Waals surface area (Å²) in [6.45, 7) is 4.11. The predicted octanol–water partition coefficient (Wildman–Crippen LogP) is 6.21. The number of benzene rings is 2. The summed E-state index contributed by atoms with van der Waals surface area (Å²) in [7, 11) is 1.89.